The summed E-state index contributed by atoms with van der Waals surface area (Å²) in [6.45, 7) is 2.47. The lowest BCUT2D eigenvalue weighted by Gasteiger charge is -2.18. The zero-order valence-electron chi connectivity index (χ0n) is 14.0. The Morgan fingerprint density at radius 2 is 2.08 bits per heavy atom. The molecule has 0 radical (unpaired) electrons. The number of carbonyl (C=O) groups is 1. The average molecular weight is 347 g/mol. The molecule has 0 spiro atoms. The normalized spacial score (nSPS) is 23.0. The number of benzene rings is 1. The molecule has 1 saturated heterocycles. The van der Waals surface area contributed by atoms with Crippen molar-refractivity contribution in [3.05, 3.63) is 29.0 Å². The van der Waals surface area contributed by atoms with Crippen molar-refractivity contribution in [2.24, 2.45) is 18.9 Å². The van der Waals surface area contributed by atoms with Crippen LogP contribution < -0.4 is 5.32 Å². The second-order valence-corrected chi connectivity index (χ2v) is 7.49. The van der Waals surface area contributed by atoms with Gasteiger partial charge < -0.3 is 14.8 Å². The highest BCUT2D eigenvalue weighted by Crippen LogP contribution is 2.37. The van der Waals surface area contributed by atoms with Crippen molar-refractivity contribution >= 4 is 28.7 Å². The maximum Gasteiger partial charge on any atom is 0.317 e. The van der Waals surface area contributed by atoms with Gasteiger partial charge in [-0.3, -0.25) is 0 Å². The quantitative estimate of drug-likeness (QED) is 0.927. The van der Waals surface area contributed by atoms with Crippen LogP contribution in [0.5, 0.6) is 0 Å². The van der Waals surface area contributed by atoms with Crippen molar-refractivity contribution in [1.29, 1.82) is 0 Å². The SMILES string of the molecule is Cn1c(CCNC(=O)N2C[C@@H]3CCC[C@H]3C2)nc2cc(Cl)ccc21. The van der Waals surface area contributed by atoms with E-state index in [0.717, 1.165) is 48.2 Å². The molecule has 4 rings (SSSR count). The topological polar surface area (TPSA) is 50.2 Å². The molecule has 2 amide bonds. The Labute approximate surface area is 147 Å². The van der Waals surface area contributed by atoms with Crippen LogP contribution in [0.15, 0.2) is 18.2 Å². The van der Waals surface area contributed by atoms with Gasteiger partial charge in [0, 0.05) is 38.1 Å². The Hall–Kier alpha value is -1.75. The summed E-state index contributed by atoms with van der Waals surface area (Å²) in [5, 5.41) is 3.75. The molecule has 1 aromatic carbocycles. The van der Waals surface area contributed by atoms with Crippen molar-refractivity contribution in [3.63, 3.8) is 0 Å². The summed E-state index contributed by atoms with van der Waals surface area (Å²) in [5.41, 5.74) is 1.96. The molecule has 1 aliphatic carbocycles. The summed E-state index contributed by atoms with van der Waals surface area (Å²) in [7, 11) is 2.00. The van der Waals surface area contributed by atoms with Gasteiger partial charge in [0.15, 0.2) is 0 Å². The van der Waals surface area contributed by atoms with E-state index in [4.69, 9.17) is 11.6 Å². The second kappa shape index (κ2) is 6.28. The number of imidazole rings is 1. The average Bonchev–Trinajstić information content (AvgIpc) is 3.21. The predicted molar refractivity (Wildman–Crippen MR) is 95.2 cm³/mol. The molecule has 1 N–H and O–H groups in total. The first kappa shape index (κ1) is 15.8. The zero-order chi connectivity index (χ0) is 16.7. The Kier molecular flexibility index (Phi) is 4.12. The molecule has 6 heteroatoms. The Bertz CT molecular complexity index is 760. The van der Waals surface area contributed by atoms with Gasteiger partial charge in [-0.05, 0) is 42.9 Å². The van der Waals surface area contributed by atoms with E-state index in [9.17, 15) is 4.79 Å². The summed E-state index contributed by atoms with van der Waals surface area (Å²) < 4.78 is 2.07. The van der Waals surface area contributed by atoms with Crippen LogP contribution in [0.4, 0.5) is 4.79 Å². The number of fused-ring (bicyclic) bond motifs is 2. The lowest BCUT2D eigenvalue weighted by atomic mass is 10.0. The summed E-state index contributed by atoms with van der Waals surface area (Å²) >= 11 is 6.03. The molecule has 2 aliphatic rings. The third kappa shape index (κ3) is 2.86. The van der Waals surface area contributed by atoms with Crippen molar-refractivity contribution in [2.75, 3.05) is 19.6 Å². The maximum absolute atomic E-state index is 12.3. The molecule has 1 aromatic heterocycles. The highest BCUT2D eigenvalue weighted by atomic mass is 35.5. The van der Waals surface area contributed by atoms with Crippen molar-refractivity contribution < 1.29 is 4.79 Å². The number of halogens is 1. The van der Waals surface area contributed by atoms with Crippen molar-refractivity contribution in [1.82, 2.24) is 19.8 Å². The number of rotatable bonds is 3. The van der Waals surface area contributed by atoms with Crippen LogP contribution in [0, 0.1) is 11.8 Å². The van der Waals surface area contributed by atoms with Crippen LogP contribution >= 0.6 is 11.6 Å². The fraction of sp³-hybridized carbons (Fsp3) is 0.556. The molecule has 2 aromatic rings. The van der Waals surface area contributed by atoms with Gasteiger partial charge in [0.05, 0.1) is 11.0 Å². The number of aryl methyl sites for hydroxylation is 1. The lowest BCUT2D eigenvalue weighted by molar-refractivity contribution is 0.205. The molecule has 0 bridgehead atoms. The standard InChI is InChI=1S/C18H23ClN4O/c1-22-16-6-5-14(19)9-15(16)21-17(22)7-8-20-18(24)23-10-12-3-2-4-13(12)11-23/h5-6,9,12-13H,2-4,7-8,10-11H2,1H3,(H,20,24)/t12-,13-/m0/s1. The second-order valence-electron chi connectivity index (χ2n) is 7.06. The number of amides is 2. The van der Waals surface area contributed by atoms with Gasteiger partial charge in [-0.1, -0.05) is 18.0 Å². The van der Waals surface area contributed by atoms with Crippen LogP contribution in [0.25, 0.3) is 11.0 Å². The van der Waals surface area contributed by atoms with E-state index in [1.807, 2.05) is 30.1 Å². The van der Waals surface area contributed by atoms with Gasteiger partial charge in [0.25, 0.3) is 0 Å². The van der Waals surface area contributed by atoms with Gasteiger partial charge in [-0.15, -0.1) is 0 Å². The first-order chi connectivity index (χ1) is 11.6. The molecule has 5 nitrogen and oxygen atoms in total. The van der Waals surface area contributed by atoms with Crippen LogP contribution in [-0.2, 0) is 13.5 Å². The van der Waals surface area contributed by atoms with E-state index in [1.54, 1.807) is 0 Å². The minimum Gasteiger partial charge on any atom is -0.338 e. The molecule has 0 unspecified atom stereocenters. The first-order valence-corrected chi connectivity index (χ1v) is 9.13. The largest absolute Gasteiger partial charge is 0.338 e. The predicted octanol–water partition coefficient (Wildman–Crippen LogP) is 3.21. The number of likely N-dealkylation sites (tertiary alicyclic amines) is 1. The summed E-state index contributed by atoms with van der Waals surface area (Å²) in [6.07, 6.45) is 4.63. The lowest BCUT2D eigenvalue weighted by Crippen LogP contribution is -2.40. The first-order valence-electron chi connectivity index (χ1n) is 8.75. The number of hydrogen-bond donors (Lipinski definition) is 1. The van der Waals surface area contributed by atoms with Gasteiger partial charge >= 0.3 is 6.03 Å². The van der Waals surface area contributed by atoms with Gasteiger partial charge in [-0.25, -0.2) is 9.78 Å². The maximum atomic E-state index is 12.3. The molecule has 24 heavy (non-hydrogen) atoms. The Morgan fingerprint density at radius 3 is 2.83 bits per heavy atom. The number of carbonyl (C=O) groups excluding carboxylic acids is 1. The van der Waals surface area contributed by atoms with Crippen LogP contribution in [0.2, 0.25) is 5.02 Å². The van der Waals surface area contributed by atoms with Gasteiger partial charge in [0.1, 0.15) is 5.82 Å². The van der Waals surface area contributed by atoms with E-state index in [2.05, 4.69) is 14.9 Å². The molecule has 2 heterocycles. The van der Waals surface area contributed by atoms with E-state index < -0.39 is 0 Å². The molecule has 1 saturated carbocycles. The minimum atomic E-state index is 0.0752. The van der Waals surface area contributed by atoms with E-state index in [1.165, 1.54) is 19.3 Å². The molecule has 128 valence electrons. The van der Waals surface area contributed by atoms with E-state index in [-0.39, 0.29) is 6.03 Å². The number of nitrogens with zero attached hydrogens (tertiary/aromatic N) is 3. The number of hydrogen-bond acceptors (Lipinski definition) is 2. The Morgan fingerprint density at radius 1 is 1.33 bits per heavy atom. The minimum absolute atomic E-state index is 0.0752. The fourth-order valence-electron chi connectivity index (χ4n) is 4.24. The third-order valence-corrected chi connectivity index (χ3v) is 5.81. The monoisotopic (exact) mass is 346 g/mol. The number of urea groups is 1. The Balaban J connectivity index is 1.34. The van der Waals surface area contributed by atoms with E-state index in [0.29, 0.717) is 11.6 Å². The third-order valence-electron chi connectivity index (χ3n) is 5.57. The molecule has 1 aliphatic heterocycles. The van der Waals surface area contributed by atoms with E-state index >= 15 is 0 Å². The van der Waals surface area contributed by atoms with Crippen molar-refractivity contribution in [2.45, 2.75) is 25.7 Å². The van der Waals surface area contributed by atoms with Gasteiger partial charge in [0.2, 0.25) is 0 Å². The summed E-state index contributed by atoms with van der Waals surface area (Å²) in [5.74, 6) is 2.44. The number of aromatic nitrogens is 2. The van der Waals surface area contributed by atoms with Crippen LogP contribution in [0.1, 0.15) is 25.1 Å². The van der Waals surface area contributed by atoms with Crippen LogP contribution in [0.3, 0.4) is 0 Å². The van der Waals surface area contributed by atoms with Crippen molar-refractivity contribution in [3.8, 4) is 0 Å². The smallest absolute Gasteiger partial charge is 0.317 e. The summed E-state index contributed by atoms with van der Waals surface area (Å²) in [4.78, 5) is 19.0. The summed E-state index contributed by atoms with van der Waals surface area (Å²) in [6, 6.07) is 5.81. The van der Waals surface area contributed by atoms with Gasteiger partial charge in [-0.2, -0.15) is 0 Å². The molecule has 2 atom stereocenters. The number of nitrogens with one attached hydrogen (secondary N) is 1. The molecule has 2 fully saturated rings. The van der Waals surface area contributed by atoms with Crippen LogP contribution in [-0.4, -0.2) is 40.1 Å². The fourth-order valence-corrected chi connectivity index (χ4v) is 4.41. The molecular formula is C18H23ClN4O. The zero-order valence-corrected chi connectivity index (χ0v) is 14.7. The molecular weight excluding hydrogens is 324 g/mol. The highest BCUT2D eigenvalue weighted by Gasteiger charge is 2.37. The highest BCUT2D eigenvalue weighted by molar-refractivity contribution is 6.31.